The molecule has 2 aliphatic rings. The Labute approximate surface area is 199 Å². The summed E-state index contributed by atoms with van der Waals surface area (Å²) < 4.78 is 10.1. The number of carbonyl (C=O) groups is 2. The normalized spacial score (nSPS) is 16.1. The van der Waals surface area contributed by atoms with Crippen molar-refractivity contribution in [2.24, 2.45) is 5.92 Å². The lowest BCUT2D eigenvalue weighted by Crippen LogP contribution is -2.16. The van der Waals surface area contributed by atoms with Gasteiger partial charge < -0.3 is 9.47 Å². The third-order valence-corrected chi connectivity index (χ3v) is 5.79. The molecule has 1 aromatic carbocycles. The van der Waals surface area contributed by atoms with Gasteiger partial charge in [-0.05, 0) is 39.8 Å². The number of halogens is 1. The van der Waals surface area contributed by atoms with Gasteiger partial charge in [-0.1, -0.05) is 80.6 Å². The van der Waals surface area contributed by atoms with Crippen molar-refractivity contribution in [2.45, 2.75) is 13.8 Å². The van der Waals surface area contributed by atoms with E-state index in [2.05, 4.69) is 13.8 Å². The van der Waals surface area contributed by atoms with Crippen LogP contribution < -0.4 is 0 Å². The maximum absolute atomic E-state index is 13.1. The van der Waals surface area contributed by atoms with Crippen LogP contribution in [0.1, 0.15) is 19.4 Å². The highest BCUT2D eigenvalue weighted by molar-refractivity contribution is 6.20. The van der Waals surface area contributed by atoms with E-state index in [1.165, 1.54) is 14.2 Å². The van der Waals surface area contributed by atoms with Crippen molar-refractivity contribution in [3.05, 3.63) is 111 Å². The number of benzene rings is 1. The second kappa shape index (κ2) is 11.0. The Kier molecular flexibility index (Phi) is 8.07. The van der Waals surface area contributed by atoms with Crippen LogP contribution in [0, 0.1) is 5.92 Å². The number of carbonyl (C=O) groups excluding carboxylic acids is 2. The highest BCUT2D eigenvalue weighted by Crippen LogP contribution is 2.38. The van der Waals surface area contributed by atoms with Crippen LogP contribution in [0.2, 0.25) is 0 Å². The number of rotatable bonds is 6. The van der Waals surface area contributed by atoms with E-state index in [-0.39, 0.29) is 22.9 Å². The number of hydrogen-bond acceptors (Lipinski definition) is 4. The van der Waals surface area contributed by atoms with Gasteiger partial charge in [-0.15, -0.1) is 11.6 Å². The third-order valence-electron chi connectivity index (χ3n) is 5.50. The molecule has 0 saturated carbocycles. The molecule has 0 atom stereocenters. The van der Waals surface area contributed by atoms with Crippen LogP contribution in [0.3, 0.4) is 0 Å². The molecule has 0 amide bonds. The molecule has 0 aliphatic heterocycles. The smallest absolute Gasteiger partial charge is 0.339 e. The fraction of sp³-hybridized carbons (Fsp3) is 0.214. The van der Waals surface area contributed by atoms with Crippen LogP contribution in [-0.2, 0) is 19.1 Å². The van der Waals surface area contributed by atoms with E-state index in [4.69, 9.17) is 21.1 Å². The van der Waals surface area contributed by atoms with Crippen molar-refractivity contribution in [2.75, 3.05) is 20.1 Å². The Morgan fingerprint density at radius 3 is 2.24 bits per heavy atom. The second-order valence-electron chi connectivity index (χ2n) is 7.88. The molecule has 4 nitrogen and oxygen atoms in total. The first-order valence-corrected chi connectivity index (χ1v) is 11.2. The van der Waals surface area contributed by atoms with Gasteiger partial charge in [0, 0.05) is 11.5 Å². The number of allylic oxidation sites excluding steroid dienone is 9. The van der Waals surface area contributed by atoms with Crippen LogP contribution in [0.4, 0.5) is 0 Å². The van der Waals surface area contributed by atoms with E-state index < -0.39 is 11.9 Å². The van der Waals surface area contributed by atoms with Gasteiger partial charge in [0.05, 0.1) is 25.4 Å². The lowest BCUT2D eigenvalue weighted by atomic mass is 9.88. The quantitative estimate of drug-likeness (QED) is 0.390. The lowest BCUT2D eigenvalue weighted by molar-refractivity contribution is -0.138. The monoisotopic (exact) mass is 462 g/mol. The largest absolute Gasteiger partial charge is 0.465 e. The molecule has 0 N–H and O–H groups in total. The summed E-state index contributed by atoms with van der Waals surface area (Å²) in [5.74, 6) is -0.803. The summed E-state index contributed by atoms with van der Waals surface area (Å²) in [4.78, 5) is 25.8. The number of fused-ring (bicyclic) bond motifs is 1. The number of esters is 2. The zero-order chi connectivity index (χ0) is 24.0. The molecule has 0 spiro atoms. The Hall–Kier alpha value is -3.37. The molecule has 2 aliphatic carbocycles. The molecule has 0 heterocycles. The Balaban J connectivity index is 2.41. The van der Waals surface area contributed by atoms with Gasteiger partial charge in [0.25, 0.3) is 0 Å². The van der Waals surface area contributed by atoms with E-state index in [0.29, 0.717) is 5.57 Å². The van der Waals surface area contributed by atoms with E-state index >= 15 is 0 Å². The third kappa shape index (κ3) is 5.35. The first-order valence-electron chi connectivity index (χ1n) is 10.7. The zero-order valence-corrected chi connectivity index (χ0v) is 20.0. The van der Waals surface area contributed by atoms with Crippen molar-refractivity contribution >= 4 is 29.6 Å². The van der Waals surface area contributed by atoms with Gasteiger partial charge in [-0.2, -0.15) is 0 Å². The summed E-state index contributed by atoms with van der Waals surface area (Å²) >= 11 is 6.35. The number of hydrogen-bond donors (Lipinski definition) is 0. The molecule has 5 heteroatoms. The van der Waals surface area contributed by atoms with Gasteiger partial charge in [-0.3, -0.25) is 0 Å². The van der Waals surface area contributed by atoms with E-state index in [9.17, 15) is 9.59 Å². The van der Waals surface area contributed by atoms with Crippen molar-refractivity contribution in [3.63, 3.8) is 0 Å². The average molecular weight is 463 g/mol. The van der Waals surface area contributed by atoms with Crippen LogP contribution in [0.15, 0.2) is 106 Å². The van der Waals surface area contributed by atoms with E-state index in [0.717, 1.165) is 27.9 Å². The molecule has 0 saturated heterocycles. The first-order chi connectivity index (χ1) is 15.9. The molecule has 0 fully saturated rings. The van der Waals surface area contributed by atoms with Gasteiger partial charge in [0.2, 0.25) is 0 Å². The van der Waals surface area contributed by atoms with Crippen molar-refractivity contribution in [1.82, 2.24) is 0 Å². The predicted octanol–water partition coefficient (Wildman–Crippen LogP) is 5.90. The summed E-state index contributed by atoms with van der Waals surface area (Å²) in [5.41, 5.74) is 5.27. The first kappa shape index (κ1) is 24.3. The van der Waals surface area contributed by atoms with Gasteiger partial charge >= 0.3 is 11.9 Å². The number of methoxy groups -OCH3 is 2. The molecule has 3 rings (SSSR count). The van der Waals surface area contributed by atoms with Gasteiger partial charge in [-0.25, -0.2) is 9.59 Å². The maximum atomic E-state index is 13.1. The predicted molar refractivity (Wildman–Crippen MR) is 133 cm³/mol. The van der Waals surface area contributed by atoms with Gasteiger partial charge in [0.1, 0.15) is 0 Å². The topological polar surface area (TPSA) is 52.6 Å². The Morgan fingerprint density at radius 2 is 1.64 bits per heavy atom. The molecule has 1 aromatic rings. The van der Waals surface area contributed by atoms with Crippen molar-refractivity contribution in [1.29, 1.82) is 0 Å². The van der Waals surface area contributed by atoms with Crippen LogP contribution in [0.25, 0.3) is 6.08 Å². The van der Waals surface area contributed by atoms with E-state index in [1.807, 2.05) is 60.7 Å². The summed E-state index contributed by atoms with van der Waals surface area (Å²) in [6.07, 6.45) is 13.3. The standard InChI is InChI=1S/C28H27ClO4/c1-18(2)21-13-12-20(11-10-19-8-6-5-7-9-19)25-24(16-21)22(17-29)14-15-23(27(30)32-3)26(25)28(31)33-4/h5-16,18H,17H2,1-4H3/b11-10+. The molecule has 33 heavy (non-hydrogen) atoms. The fourth-order valence-corrected chi connectivity index (χ4v) is 3.93. The minimum atomic E-state index is -0.623. The van der Waals surface area contributed by atoms with Gasteiger partial charge in [0.15, 0.2) is 0 Å². The summed E-state index contributed by atoms with van der Waals surface area (Å²) in [6, 6.07) is 9.86. The second-order valence-corrected chi connectivity index (χ2v) is 8.15. The molecule has 0 aromatic heterocycles. The van der Waals surface area contributed by atoms with Crippen molar-refractivity contribution in [3.8, 4) is 0 Å². The molecule has 0 radical (unpaired) electrons. The highest BCUT2D eigenvalue weighted by atomic mass is 35.5. The summed E-state index contributed by atoms with van der Waals surface area (Å²) in [6.45, 7) is 4.20. The van der Waals surface area contributed by atoms with Crippen LogP contribution in [-0.4, -0.2) is 32.0 Å². The number of alkyl halides is 1. The molecule has 0 bridgehead atoms. The summed E-state index contributed by atoms with van der Waals surface area (Å²) in [7, 11) is 2.58. The van der Waals surface area contributed by atoms with Crippen LogP contribution >= 0.6 is 11.6 Å². The molecular formula is C28H27ClO4. The molecular weight excluding hydrogens is 436 g/mol. The van der Waals surface area contributed by atoms with Crippen molar-refractivity contribution < 1.29 is 19.1 Å². The van der Waals surface area contributed by atoms with Crippen LogP contribution in [0.5, 0.6) is 0 Å². The minimum Gasteiger partial charge on any atom is -0.465 e. The zero-order valence-electron chi connectivity index (χ0n) is 19.2. The number of ether oxygens (including phenoxy) is 2. The SMILES string of the molecule is COC(=O)C1=C(C(=O)OC)C2=C(/C=C/c3ccccc3)C=CC(C(C)C)=CC2=C(CCl)C=C1. The molecule has 0 unspecified atom stereocenters. The lowest BCUT2D eigenvalue weighted by Gasteiger charge is -2.17. The van der Waals surface area contributed by atoms with E-state index in [1.54, 1.807) is 12.2 Å². The highest BCUT2D eigenvalue weighted by Gasteiger charge is 2.31. The Morgan fingerprint density at radius 1 is 0.939 bits per heavy atom. The fourth-order valence-electron chi connectivity index (χ4n) is 3.69. The maximum Gasteiger partial charge on any atom is 0.339 e. The Bertz CT molecular complexity index is 1160. The molecule has 170 valence electrons. The average Bonchev–Trinajstić information content (AvgIpc) is 3.11. The minimum absolute atomic E-state index is 0.123. The summed E-state index contributed by atoms with van der Waals surface area (Å²) in [5, 5.41) is 0.